The number of benzene rings is 1. The zero-order valence-electron chi connectivity index (χ0n) is 16.9. The quantitative estimate of drug-likeness (QED) is 0.354. The summed E-state index contributed by atoms with van der Waals surface area (Å²) in [5.74, 6) is 2.51. The second kappa shape index (κ2) is 9.98. The molecule has 0 bridgehead atoms. The van der Waals surface area contributed by atoms with Gasteiger partial charge in [-0.3, -0.25) is 4.99 Å². The van der Waals surface area contributed by atoms with Crippen molar-refractivity contribution >= 4 is 47.4 Å². The molecule has 1 aromatic heterocycles. The molecular weight excluding hydrogens is 497 g/mol. The van der Waals surface area contributed by atoms with Crippen molar-refractivity contribution in [3.05, 3.63) is 58.7 Å². The number of aryl methyl sites for hydroxylation is 1. The topological polar surface area (TPSA) is 52.6 Å². The first-order valence-electron chi connectivity index (χ1n) is 10.1. The van der Waals surface area contributed by atoms with E-state index in [1.807, 2.05) is 32.2 Å². The lowest BCUT2D eigenvalue weighted by Crippen LogP contribution is -2.49. The molecule has 1 aliphatic heterocycles. The van der Waals surface area contributed by atoms with Gasteiger partial charge in [0.15, 0.2) is 5.96 Å². The molecule has 2 heterocycles. The number of anilines is 1. The van der Waals surface area contributed by atoms with E-state index in [0.29, 0.717) is 18.0 Å². The summed E-state index contributed by atoms with van der Waals surface area (Å²) in [4.78, 5) is 11.5. The van der Waals surface area contributed by atoms with Crippen LogP contribution in [0.2, 0.25) is 5.02 Å². The Balaban J connectivity index is 0.00000240. The molecule has 0 radical (unpaired) electrons. The van der Waals surface area contributed by atoms with Crippen molar-refractivity contribution in [3.8, 4) is 0 Å². The van der Waals surface area contributed by atoms with E-state index in [1.54, 1.807) is 0 Å². The smallest absolute Gasteiger partial charge is 0.191 e. The molecule has 156 valence electrons. The zero-order chi connectivity index (χ0) is 19.5. The van der Waals surface area contributed by atoms with Gasteiger partial charge in [-0.1, -0.05) is 29.8 Å². The number of hydrogen-bond acceptors (Lipinski definition) is 3. The van der Waals surface area contributed by atoms with Gasteiger partial charge in [-0.05, 0) is 56.0 Å². The number of hydrogen-bond donors (Lipinski definition) is 2. The van der Waals surface area contributed by atoms with Gasteiger partial charge in [-0.2, -0.15) is 0 Å². The number of pyridine rings is 1. The maximum Gasteiger partial charge on any atom is 0.191 e. The minimum absolute atomic E-state index is 0. The molecule has 5 nitrogen and oxygen atoms in total. The largest absolute Gasteiger partial charge is 0.356 e. The van der Waals surface area contributed by atoms with Crippen LogP contribution >= 0.6 is 35.6 Å². The van der Waals surface area contributed by atoms with Gasteiger partial charge in [0.05, 0.1) is 0 Å². The number of nitrogens with one attached hydrogen (secondary N) is 2. The van der Waals surface area contributed by atoms with Crippen LogP contribution < -0.4 is 15.5 Å². The average Bonchev–Trinajstić information content (AvgIpc) is 3.47. The van der Waals surface area contributed by atoms with E-state index in [0.717, 1.165) is 54.8 Å². The highest BCUT2D eigenvalue weighted by atomic mass is 127. The van der Waals surface area contributed by atoms with Crippen LogP contribution in [-0.4, -0.2) is 43.2 Å². The van der Waals surface area contributed by atoms with E-state index in [1.165, 1.54) is 5.56 Å². The Kier molecular flexibility index (Phi) is 7.62. The number of aliphatic imine (C=N–C) groups is 1. The summed E-state index contributed by atoms with van der Waals surface area (Å²) >= 11 is 6.13. The highest BCUT2D eigenvalue weighted by molar-refractivity contribution is 14.0. The normalized spacial score (nSPS) is 22.0. The minimum Gasteiger partial charge on any atom is -0.356 e. The number of guanidine groups is 1. The van der Waals surface area contributed by atoms with Crippen LogP contribution in [0, 0.1) is 6.92 Å². The molecule has 1 saturated carbocycles. The van der Waals surface area contributed by atoms with Crippen molar-refractivity contribution in [2.45, 2.75) is 44.2 Å². The summed E-state index contributed by atoms with van der Waals surface area (Å²) in [6.07, 6.45) is 3.29. The van der Waals surface area contributed by atoms with Gasteiger partial charge < -0.3 is 15.5 Å². The molecule has 1 aromatic carbocycles. The van der Waals surface area contributed by atoms with Crippen LogP contribution in [0.4, 0.5) is 5.82 Å². The SMILES string of the molecule is CN=C(NC1CCN(c2cccc(C)n2)CC1)NC1CC1c1cccc(Cl)c1.I. The number of aromatic nitrogens is 1. The van der Waals surface area contributed by atoms with E-state index in [9.17, 15) is 0 Å². The van der Waals surface area contributed by atoms with Crippen LogP contribution in [0.15, 0.2) is 47.5 Å². The van der Waals surface area contributed by atoms with Gasteiger partial charge in [0, 0.05) is 48.9 Å². The molecule has 2 fully saturated rings. The molecule has 7 heteroatoms. The molecule has 1 aliphatic carbocycles. The lowest BCUT2D eigenvalue weighted by molar-refractivity contribution is 0.459. The Morgan fingerprint density at radius 2 is 1.90 bits per heavy atom. The van der Waals surface area contributed by atoms with Gasteiger partial charge in [0.1, 0.15) is 5.82 Å². The van der Waals surface area contributed by atoms with Crippen LogP contribution in [0.25, 0.3) is 0 Å². The Labute approximate surface area is 195 Å². The summed E-state index contributed by atoms with van der Waals surface area (Å²) in [6, 6.07) is 15.3. The summed E-state index contributed by atoms with van der Waals surface area (Å²) in [6.45, 7) is 4.07. The van der Waals surface area contributed by atoms with E-state index >= 15 is 0 Å². The third kappa shape index (κ3) is 5.75. The summed E-state index contributed by atoms with van der Waals surface area (Å²) in [5.41, 5.74) is 2.38. The van der Waals surface area contributed by atoms with Gasteiger partial charge in [-0.15, -0.1) is 24.0 Å². The first-order valence-corrected chi connectivity index (χ1v) is 10.4. The Hall–Kier alpha value is -1.54. The fraction of sp³-hybridized carbons (Fsp3) is 0.455. The van der Waals surface area contributed by atoms with E-state index < -0.39 is 0 Å². The summed E-state index contributed by atoms with van der Waals surface area (Å²) in [5, 5.41) is 7.99. The minimum atomic E-state index is 0. The molecule has 2 unspecified atom stereocenters. The molecular formula is C22H29ClIN5. The van der Waals surface area contributed by atoms with Crippen LogP contribution in [0.3, 0.4) is 0 Å². The third-order valence-corrected chi connectivity index (χ3v) is 5.88. The molecule has 2 atom stereocenters. The third-order valence-electron chi connectivity index (χ3n) is 5.65. The number of halogens is 2. The number of nitrogens with zero attached hydrogens (tertiary/aromatic N) is 3. The van der Waals surface area contributed by atoms with Crippen LogP contribution in [0.5, 0.6) is 0 Å². The first-order chi connectivity index (χ1) is 13.6. The highest BCUT2D eigenvalue weighted by Gasteiger charge is 2.39. The first kappa shape index (κ1) is 22.2. The highest BCUT2D eigenvalue weighted by Crippen LogP contribution is 2.41. The molecule has 0 amide bonds. The molecule has 2 aliphatic rings. The van der Waals surface area contributed by atoms with Gasteiger partial charge >= 0.3 is 0 Å². The Morgan fingerprint density at radius 3 is 2.59 bits per heavy atom. The van der Waals surface area contributed by atoms with Crippen molar-refractivity contribution in [1.29, 1.82) is 0 Å². The van der Waals surface area contributed by atoms with E-state index in [-0.39, 0.29) is 24.0 Å². The molecule has 2 N–H and O–H groups in total. The number of piperidine rings is 1. The van der Waals surface area contributed by atoms with Crippen LogP contribution in [0.1, 0.15) is 36.4 Å². The predicted octanol–water partition coefficient (Wildman–Crippen LogP) is 4.35. The Morgan fingerprint density at radius 1 is 1.14 bits per heavy atom. The lowest BCUT2D eigenvalue weighted by Gasteiger charge is -2.34. The monoisotopic (exact) mass is 525 g/mol. The maximum absolute atomic E-state index is 6.13. The second-order valence-electron chi connectivity index (χ2n) is 7.76. The van der Waals surface area contributed by atoms with Crippen molar-refractivity contribution in [2.24, 2.45) is 4.99 Å². The van der Waals surface area contributed by atoms with Crippen LogP contribution in [-0.2, 0) is 0 Å². The zero-order valence-corrected chi connectivity index (χ0v) is 20.0. The fourth-order valence-corrected chi connectivity index (χ4v) is 4.16. The van der Waals surface area contributed by atoms with Crippen molar-refractivity contribution < 1.29 is 0 Å². The van der Waals surface area contributed by atoms with Gasteiger partial charge in [0.2, 0.25) is 0 Å². The molecule has 1 saturated heterocycles. The van der Waals surface area contributed by atoms with Crippen molar-refractivity contribution in [1.82, 2.24) is 15.6 Å². The molecule has 0 spiro atoms. The fourth-order valence-electron chi connectivity index (χ4n) is 3.96. The summed E-state index contributed by atoms with van der Waals surface area (Å²) in [7, 11) is 1.85. The van der Waals surface area contributed by atoms with Crippen molar-refractivity contribution in [2.75, 3.05) is 25.0 Å². The molecule has 4 rings (SSSR count). The Bertz CT molecular complexity index is 851. The van der Waals surface area contributed by atoms with Gasteiger partial charge in [0.25, 0.3) is 0 Å². The summed E-state index contributed by atoms with van der Waals surface area (Å²) < 4.78 is 0. The predicted molar refractivity (Wildman–Crippen MR) is 132 cm³/mol. The number of rotatable bonds is 4. The average molecular weight is 526 g/mol. The standard InChI is InChI=1S/C22H28ClN5.HI/c1-15-5-3-8-21(25-15)28-11-9-18(10-12-28)26-22(24-2)27-20-14-19(20)16-6-4-7-17(23)13-16;/h3-8,13,18-20H,9-12,14H2,1-2H3,(H2,24,26,27);1H. The van der Waals surface area contributed by atoms with E-state index in [4.69, 9.17) is 11.6 Å². The van der Waals surface area contributed by atoms with Crippen molar-refractivity contribution in [3.63, 3.8) is 0 Å². The van der Waals surface area contributed by atoms with Gasteiger partial charge in [-0.25, -0.2) is 4.98 Å². The molecule has 2 aromatic rings. The van der Waals surface area contributed by atoms with E-state index in [2.05, 4.69) is 49.8 Å². The molecule has 29 heavy (non-hydrogen) atoms. The lowest BCUT2D eigenvalue weighted by atomic mass is 10.1. The maximum atomic E-state index is 6.13. The second-order valence-corrected chi connectivity index (χ2v) is 8.20.